The summed E-state index contributed by atoms with van der Waals surface area (Å²) < 4.78 is 3.90. The van der Waals surface area contributed by atoms with E-state index in [4.69, 9.17) is 5.84 Å². The number of rotatable bonds is 3. The highest BCUT2D eigenvalue weighted by molar-refractivity contribution is 7.03. The summed E-state index contributed by atoms with van der Waals surface area (Å²) in [6.45, 7) is 2.32. The van der Waals surface area contributed by atoms with Crippen LogP contribution in [0.15, 0.2) is 5.38 Å². The van der Waals surface area contributed by atoms with Crippen molar-refractivity contribution < 1.29 is 0 Å². The summed E-state index contributed by atoms with van der Waals surface area (Å²) in [5.74, 6) is 7.05. The minimum absolute atomic E-state index is 0.187. The molecular weight excluding hydrogens is 208 g/mol. The van der Waals surface area contributed by atoms with Crippen LogP contribution in [-0.2, 0) is 0 Å². The summed E-state index contributed by atoms with van der Waals surface area (Å²) in [5, 5.41) is 6.10. The Kier molecular flexibility index (Phi) is 3.66. The number of hydrazine groups is 1. The van der Waals surface area contributed by atoms with Gasteiger partial charge < -0.3 is 0 Å². The van der Waals surface area contributed by atoms with Gasteiger partial charge in [-0.1, -0.05) is 24.3 Å². The van der Waals surface area contributed by atoms with Gasteiger partial charge in [0.1, 0.15) is 0 Å². The smallest absolute Gasteiger partial charge is 0.0941 e. The molecule has 1 heterocycles. The predicted octanol–water partition coefficient (Wildman–Crippen LogP) is 1.87. The minimum atomic E-state index is 0.187. The van der Waals surface area contributed by atoms with E-state index in [1.165, 1.54) is 37.2 Å². The van der Waals surface area contributed by atoms with Crippen LogP contribution in [0.3, 0.4) is 0 Å². The second-order valence-corrected chi connectivity index (χ2v) is 5.12. The SMILES string of the molecule is CC1CCCC(C(NN)c2csnn2)C1. The molecule has 0 aliphatic heterocycles. The van der Waals surface area contributed by atoms with Gasteiger partial charge in [-0.15, -0.1) is 5.10 Å². The van der Waals surface area contributed by atoms with Gasteiger partial charge in [0.25, 0.3) is 0 Å². The van der Waals surface area contributed by atoms with Crippen LogP contribution >= 0.6 is 11.5 Å². The molecule has 0 amide bonds. The number of hydrogen-bond donors (Lipinski definition) is 2. The van der Waals surface area contributed by atoms with Gasteiger partial charge in [0.15, 0.2) is 0 Å². The number of nitrogens with one attached hydrogen (secondary N) is 1. The Morgan fingerprint density at radius 2 is 2.47 bits per heavy atom. The molecule has 0 bridgehead atoms. The zero-order valence-corrected chi connectivity index (χ0v) is 9.83. The first-order chi connectivity index (χ1) is 7.31. The van der Waals surface area contributed by atoms with Crippen molar-refractivity contribution in [2.24, 2.45) is 17.7 Å². The molecule has 3 unspecified atom stereocenters. The van der Waals surface area contributed by atoms with Crippen molar-refractivity contribution >= 4 is 11.5 Å². The Hall–Kier alpha value is -0.520. The fraction of sp³-hybridized carbons (Fsp3) is 0.800. The van der Waals surface area contributed by atoms with Gasteiger partial charge >= 0.3 is 0 Å². The van der Waals surface area contributed by atoms with Crippen LogP contribution in [0.4, 0.5) is 0 Å². The van der Waals surface area contributed by atoms with Gasteiger partial charge in [0.2, 0.25) is 0 Å². The summed E-state index contributed by atoms with van der Waals surface area (Å²) in [6.07, 6.45) is 5.15. The quantitative estimate of drug-likeness (QED) is 0.610. The summed E-state index contributed by atoms with van der Waals surface area (Å²) in [6, 6.07) is 0.187. The van der Waals surface area contributed by atoms with Crippen molar-refractivity contribution in [3.05, 3.63) is 11.1 Å². The van der Waals surface area contributed by atoms with Crippen LogP contribution in [-0.4, -0.2) is 9.59 Å². The first kappa shape index (κ1) is 11.0. The normalized spacial score (nSPS) is 28.9. The molecule has 4 nitrogen and oxygen atoms in total. The Labute approximate surface area is 94.4 Å². The van der Waals surface area contributed by atoms with Crippen LogP contribution < -0.4 is 11.3 Å². The van der Waals surface area contributed by atoms with Gasteiger partial charge in [-0.2, -0.15) is 0 Å². The molecule has 1 aliphatic carbocycles. The fourth-order valence-electron chi connectivity index (χ4n) is 2.55. The van der Waals surface area contributed by atoms with E-state index < -0.39 is 0 Å². The van der Waals surface area contributed by atoms with Crippen molar-refractivity contribution in [2.75, 3.05) is 0 Å². The van der Waals surface area contributed by atoms with Gasteiger partial charge in [-0.25, -0.2) is 0 Å². The highest BCUT2D eigenvalue weighted by Gasteiger charge is 2.28. The first-order valence-electron chi connectivity index (χ1n) is 5.54. The molecule has 1 aromatic heterocycles. The molecule has 3 atom stereocenters. The van der Waals surface area contributed by atoms with E-state index in [9.17, 15) is 0 Å². The molecule has 1 aliphatic rings. The lowest BCUT2D eigenvalue weighted by Crippen LogP contribution is -2.35. The third-order valence-electron chi connectivity index (χ3n) is 3.32. The van der Waals surface area contributed by atoms with E-state index in [0.717, 1.165) is 11.6 Å². The molecule has 84 valence electrons. The maximum atomic E-state index is 5.63. The molecule has 3 N–H and O–H groups in total. The molecule has 15 heavy (non-hydrogen) atoms. The molecule has 5 heteroatoms. The number of hydrogen-bond acceptors (Lipinski definition) is 5. The average molecular weight is 226 g/mol. The van der Waals surface area contributed by atoms with Crippen LogP contribution in [0.2, 0.25) is 0 Å². The zero-order chi connectivity index (χ0) is 10.7. The molecule has 0 spiro atoms. The van der Waals surface area contributed by atoms with Gasteiger partial charge in [0, 0.05) is 5.38 Å². The summed E-state index contributed by atoms with van der Waals surface area (Å²) in [5.41, 5.74) is 3.90. The Bertz CT molecular complexity index is 288. The molecule has 1 fully saturated rings. The molecule has 2 rings (SSSR count). The largest absolute Gasteiger partial charge is 0.271 e. The van der Waals surface area contributed by atoms with Gasteiger partial charge in [-0.3, -0.25) is 11.3 Å². The Morgan fingerprint density at radius 3 is 3.07 bits per heavy atom. The maximum Gasteiger partial charge on any atom is 0.0941 e. The standard InChI is InChI=1S/C10H18N4S/c1-7-3-2-4-8(5-7)10(12-11)9-6-15-14-13-9/h6-8,10,12H,2-5,11H2,1H3. The number of aromatic nitrogens is 2. The van der Waals surface area contributed by atoms with Crippen LogP contribution in [0, 0.1) is 11.8 Å². The zero-order valence-electron chi connectivity index (χ0n) is 9.02. The van der Waals surface area contributed by atoms with Gasteiger partial charge in [-0.05, 0) is 36.2 Å². The lowest BCUT2D eigenvalue weighted by atomic mass is 9.78. The first-order valence-corrected chi connectivity index (χ1v) is 6.38. The monoisotopic (exact) mass is 226 g/mol. The summed E-state index contributed by atoms with van der Waals surface area (Å²) >= 11 is 1.39. The molecule has 1 aromatic rings. The Morgan fingerprint density at radius 1 is 1.60 bits per heavy atom. The second kappa shape index (κ2) is 5.01. The van der Waals surface area contributed by atoms with Crippen molar-refractivity contribution in [3.8, 4) is 0 Å². The van der Waals surface area contributed by atoms with E-state index >= 15 is 0 Å². The van der Waals surface area contributed by atoms with Crippen molar-refractivity contribution in [2.45, 2.75) is 38.6 Å². The van der Waals surface area contributed by atoms with Crippen LogP contribution in [0.1, 0.15) is 44.3 Å². The summed E-state index contributed by atoms with van der Waals surface area (Å²) in [7, 11) is 0. The van der Waals surface area contributed by atoms with Crippen LogP contribution in [0.25, 0.3) is 0 Å². The van der Waals surface area contributed by atoms with E-state index in [1.807, 2.05) is 5.38 Å². The van der Waals surface area contributed by atoms with Crippen LogP contribution in [0.5, 0.6) is 0 Å². The average Bonchev–Trinajstić information content (AvgIpc) is 2.72. The van der Waals surface area contributed by atoms with Gasteiger partial charge in [0.05, 0.1) is 11.7 Å². The lowest BCUT2D eigenvalue weighted by molar-refractivity contribution is 0.222. The number of nitrogens with zero attached hydrogens (tertiary/aromatic N) is 2. The molecule has 0 saturated heterocycles. The maximum absolute atomic E-state index is 5.63. The molecule has 1 saturated carbocycles. The topological polar surface area (TPSA) is 63.8 Å². The van der Waals surface area contributed by atoms with E-state index in [1.54, 1.807) is 0 Å². The molecule has 0 radical (unpaired) electrons. The minimum Gasteiger partial charge on any atom is -0.271 e. The van der Waals surface area contributed by atoms with Crippen molar-refractivity contribution in [1.29, 1.82) is 0 Å². The Balaban J connectivity index is 2.06. The van der Waals surface area contributed by atoms with Crippen molar-refractivity contribution in [3.63, 3.8) is 0 Å². The predicted molar refractivity (Wildman–Crippen MR) is 61.1 cm³/mol. The highest BCUT2D eigenvalue weighted by Crippen LogP contribution is 2.36. The second-order valence-electron chi connectivity index (χ2n) is 4.51. The fourth-order valence-corrected chi connectivity index (χ4v) is 3.04. The number of nitrogens with two attached hydrogens (primary N) is 1. The molecular formula is C10H18N4S. The van der Waals surface area contributed by atoms with E-state index in [0.29, 0.717) is 5.92 Å². The highest BCUT2D eigenvalue weighted by atomic mass is 32.1. The lowest BCUT2D eigenvalue weighted by Gasteiger charge is -2.31. The summed E-state index contributed by atoms with van der Waals surface area (Å²) in [4.78, 5) is 0. The van der Waals surface area contributed by atoms with E-state index in [-0.39, 0.29) is 6.04 Å². The third-order valence-corrected chi connectivity index (χ3v) is 3.85. The van der Waals surface area contributed by atoms with E-state index in [2.05, 4.69) is 21.9 Å². The molecule has 0 aromatic carbocycles. The van der Waals surface area contributed by atoms with Crippen molar-refractivity contribution in [1.82, 2.24) is 15.0 Å². The third kappa shape index (κ3) is 2.53.